The van der Waals surface area contributed by atoms with Crippen molar-refractivity contribution < 1.29 is 49.7 Å². The quantitative estimate of drug-likeness (QED) is 0.0292. The molecule has 11 nitrogen and oxygen atoms in total. The van der Waals surface area contributed by atoms with Crippen LogP contribution in [0, 0.1) is 0 Å². The first-order valence-electron chi connectivity index (χ1n) is 20.5. The van der Waals surface area contributed by atoms with E-state index in [1.807, 2.05) is 0 Å². The predicted octanol–water partition coefficient (Wildman–Crippen LogP) is 6.45. The third-order valence-electron chi connectivity index (χ3n) is 9.94. The van der Waals surface area contributed by atoms with Crippen LogP contribution in [0.4, 0.5) is 0 Å². The number of ether oxygens (including phenoxy) is 2. The van der Waals surface area contributed by atoms with Crippen molar-refractivity contribution in [3.63, 3.8) is 0 Å². The largest absolute Gasteiger partial charge is 0.479 e. The van der Waals surface area contributed by atoms with Crippen LogP contribution in [-0.4, -0.2) is 98.1 Å². The number of carbonyl (C=O) groups is 2. The summed E-state index contributed by atoms with van der Waals surface area (Å²) in [7, 11) is 0. The van der Waals surface area contributed by atoms with E-state index >= 15 is 0 Å². The van der Waals surface area contributed by atoms with Gasteiger partial charge >= 0.3 is 5.97 Å². The van der Waals surface area contributed by atoms with Crippen LogP contribution in [-0.2, 0) is 19.1 Å². The van der Waals surface area contributed by atoms with E-state index in [0.29, 0.717) is 19.3 Å². The van der Waals surface area contributed by atoms with Crippen molar-refractivity contribution >= 4 is 11.9 Å². The number of aliphatic carboxylic acids is 1. The van der Waals surface area contributed by atoms with Gasteiger partial charge in [0.05, 0.1) is 18.8 Å². The van der Waals surface area contributed by atoms with Crippen molar-refractivity contribution in [2.24, 2.45) is 0 Å². The summed E-state index contributed by atoms with van der Waals surface area (Å²) in [6.45, 7) is 4.06. The minimum Gasteiger partial charge on any atom is -0.479 e. The minimum absolute atomic E-state index is 0.288. The Bertz CT molecular complexity index is 889. The molecule has 0 saturated carbocycles. The number of rotatable bonds is 33. The Labute approximate surface area is 308 Å². The summed E-state index contributed by atoms with van der Waals surface area (Å²) in [5.74, 6) is -2.18. The topological polar surface area (TPSA) is 186 Å². The molecule has 1 fully saturated rings. The van der Waals surface area contributed by atoms with Gasteiger partial charge in [0, 0.05) is 0 Å². The Kier molecular flexibility index (Phi) is 28.7. The van der Waals surface area contributed by atoms with Gasteiger partial charge in [-0.15, -0.1) is 0 Å². The fourth-order valence-electron chi connectivity index (χ4n) is 6.50. The Morgan fingerprint density at radius 1 is 0.647 bits per heavy atom. The van der Waals surface area contributed by atoms with Crippen molar-refractivity contribution in [2.75, 3.05) is 6.61 Å². The molecule has 0 aromatic heterocycles. The number of hydrogen-bond acceptors (Lipinski definition) is 9. The van der Waals surface area contributed by atoms with Gasteiger partial charge in [-0.3, -0.25) is 4.79 Å². The number of carboxylic acid groups (broad SMARTS) is 1. The number of hydrogen-bond donors (Lipinski definition) is 7. The maximum Gasteiger partial charge on any atom is 0.335 e. The molecule has 1 heterocycles. The molecule has 7 N–H and O–H groups in total. The first-order chi connectivity index (χ1) is 24.6. The average Bonchev–Trinajstić information content (AvgIpc) is 3.11. The van der Waals surface area contributed by atoms with Gasteiger partial charge in [0.1, 0.15) is 24.4 Å². The molecule has 8 atom stereocenters. The third-order valence-corrected chi connectivity index (χ3v) is 9.94. The summed E-state index contributed by atoms with van der Waals surface area (Å²) in [6, 6.07) is -0.984. The van der Waals surface area contributed by atoms with Crippen LogP contribution in [0.1, 0.15) is 174 Å². The lowest BCUT2D eigenvalue weighted by atomic mass is 9.99. The van der Waals surface area contributed by atoms with E-state index in [-0.39, 0.29) is 13.0 Å². The predicted molar refractivity (Wildman–Crippen MR) is 200 cm³/mol. The van der Waals surface area contributed by atoms with Gasteiger partial charge in [0.25, 0.3) is 0 Å². The highest BCUT2D eigenvalue weighted by atomic mass is 16.7. The van der Waals surface area contributed by atoms with E-state index < -0.39 is 60.8 Å². The Morgan fingerprint density at radius 3 is 1.61 bits per heavy atom. The Balaban J connectivity index is 2.51. The maximum atomic E-state index is 13.0. The summed E-state index contributed by atoms with van der Waals surface area (Å²) >= 11 is 0. The number of aliphatic hydroxyl groups is 5. The SMILES string of the molecule is CCCCCC/C=C\CCCCCCCCC[C@@H](O)[C@H](CO[C@H]1O[C@H](C(=O)O)[C@@H](O)[C@H](O)[C@H]1O)NC(=O)[C@@H](O)CCCCCCCCCCCC. The molecule has 0 aromatic rings. The molecule has 1 aliphatic rings. The molecule has 0 unspecified atom stereocenters. The number of carbonyl (C=O) groups excluding carboxylic acids is 1. The van der Waals surface area contributed by atoms with Crippen LogP contribution >= 0.6 is 0 Å². The van der Waals surface area contributed by atoms with E-state index in [9.17, 15) is 40.2 Å². The number of allylic oxidation sites excluding steroid dienone is 2. The van der Waals surface area contributed by atoms with Gasteiger partial charge < -0.3 is 45.4 Å². The standard InChI is InChI=1S/C40H75NO10/c1-3-5-7-9-11-13-15-16-17-18-19-21-22-24-26-28-32(42)31(30-50-40-36(46)34(44)35(45)37(51-40)39(48)49)41-38(47)33(43)29-27-25-23-20-14-12-10-8-6-4-2/h13,15,31-37,40,42-46H,3-12,14,16-30H2,1-2H3,(H,41,47)(H,48,49)/b15-13-/t31-,32+,33-,34-,35-,36+,37-,40-/m0/s1. The lowest BCUT2D eigenvalue weighted by Crippen LogP contribution is -2.61. The highest BCUT2D eigenvalue weighted by Gasteiger charge is 2.47. The highest BCUT2D eigenvalue weighted by molar-refractivity contribution is 5.80. The summed E-state index contributed by atoms with van der Waals surface area (Å²) in [5.41, 5.74) is 0. The lowest BCUT2D eigenvalue weighted by Gasteiger charge is -2.39. The van der Waals surface area contributed by atoms with Crippen molar-refractivity contribution in [2.45, 2.75) is 223 Å². The molecular weight excluding hydrogens is 654 g/mol. The molecule has 11 heteroatoms. The van der Waals surface area contributed by atoms with E-state index in [2.05, 4.69) is 31.3 Å². The molecule has 51 heavy (non-hydrogen) atoms. The number of aliphatic hydroxyl groups excluding tert-OH is 5. The smallest absolute Gasteiger partial charge is 0.335 e. The molecule has 0 radical (unpaired) electrons. The van der Waals surface area contributed by atoms with Crippen LogP contribution in [0.5, 0.6) is 0 Å². The molecule has 0 bridgehead atoms. The zero-order chi connectivity index (χ0) is 37.7. The van der Waals surface area contributed by atoms with Crippen LogP contribution in [0.3, 0.4) is 0 Å². The summed E-state index contributed by atoms with van der Waals surface area (Å²) in [4.78, 5) is 24.4. The molecule has 0 spiro atoms. The van der Waals surface area contributed by atoms with Gasteiger partial charge in [0.2, 0.25) is 5.91 Å². The van der Waals surface area contributed by atoms with Crippen molar-refractivity contribution in [3.05, 3.63) is 12.2 Å². The van der Waals surface area contributed by atoms with Gasteiger partial charge in [-0.05, 0) is 38.5 Å². The van der Waals surface area contributed by atoms with E-state index in [0.717, 1.165) is 51.4 Å². The second kappa shape index (κ2) is 30.8. The molecule has 0 aliphatic carbocycles. The summed E-state index contributed by atoms with van der Waals surface area (Å²) in [5, 5.41) is 64.2. The maximum absolute atomic E-state index is 13.0. The van der Waals surface area contributed by atoms with Crippen molar-refractivity contribution in [3.8, 4) is 0 Å². The second-order valence-corrected chi connectivity index (χ2v) is 14.6. The number of amides is 1. The Morgan fingerprint density at radius 2 is 1.10 bits per heavy atom. The molecular formula is C40H75NO10. The van der Waals surface area contributed by atoms with E-state index in [4.69, 9.17) is 9.47 Å². The molecule has 1 saturated heterocycles. The van der Waals surface area contributed by atoms with Crippen molar-refractivity contribution in [1.82, 2.24) is 5.32 Å². The van der Waals surface area contributed by atoms with Gasteiger partial charge in [-0.25, -0.2) is 4.79 Å². The number of nitrogens with one attached hydrogen (secondary N) is 1. The second-order valence-electron chi connectivity index (χ2n) is 14.6. The summed E-state index contributed by atoms with van der Waals surface area (Å²) in [6.07, 6.45) is 20.2. The normalized spacial score (nSPS) is 22.6. The first kappa shape index (κ1) is 47.4. The molecule has 0 aromatic carbocycles. The fraction of sp³-hybridized carbons (Fsp3) is 0.900. The molecule has 1 rings (SSSR count). The molecule has 1 aliphatic heterocycles. The first-order valence-corrected chi connectivity index (χ1v) is 20.5. The van der Waals surface area contributed by atoms with Gasteiger partial charge in [-0.2, -0.15) is 0 Å². The Hall–Kier alpha value is -1.60. The average molecular weight is 730 g/mol. The molecule has 1 amide bonds. The number of carboxylic acids is 1. The fourth-order valence-corrected chi connectivity index (χ4v) is 6.50. The van der Waals surface area contributed by atoms with E-state index in [1.54, 1.807) is 0 Å². The van der Waals surface area contributed by atoms with Crippen LogP contribution in [0.25, 0.3) is 0 Å². The van der Waals surface area contributed by atoms with Crippen molar-refractivity contribution in [1.29, 1.82) is 0 Å². The molecule has 300 valence electrons. The zero-order valence-corrected chi connectivity index (χ0v) is 32.0. The lowest BCUT2D eigenvalue weighted by molar-refractivity contribution is -0.295. The number of unbranched alkanes of at least 4 members (excludes halogenated alkanes) is 20. The zero-order valence-electron chi connectivity index (χ0n) is 32.0. The van der Waals surface area contributed by atoms with E-state index in [1.165, 1.54) is 83.5 Å². The van der Waals surface area contributed by atoms with Crippen LogP contribution < -0.4 is 5.32 Å². The highest BCUT2D eigenvalue weighted by Crippen LogP contribution is 2.23. The van der Waals surface area contributed by atoms with Gasteiger partial charge in [0.15, 0.2) is 12.4 Å². The third kappa shape index (κ3) is 22.3. The summed E-state index contributed by atoms with van der Waals surface area (Å²) < 4.78 is 10.8. The van der Waals surface area contributed by atoms with Crippen LogP contribution in [0.2, 0.25) is 0 Å². The monoisotopic (exact) mass is 730 g/mol. The minimum atomic E-state index is -1.86. The van der Waals surface area contributed by atoms with Gasteiger partial charge in [-0.1, -0.05) is 148 Å². The van der Waals surface area contributed by atoms with Crippen LogP contribution in [0.15, 0.2) is 12.2 Å².